The second kappa shape index (κ2) is 5.68. The van der Waals surface area contributed by atoms with Crippen molar-refractivity contribution in [2.75, 3.05) is 20.7 Å². The molecule has 1 amide bonds. The third-order valence-electron chi connectivity index (χ3n) is 2.57. The van der Waals surface area contributed by atoms with E-state index in [2.05, 4.69) is 11.5 Å². The second-order valence-electron chi connectivity index (χ2n) is 4.37. The molecular weight excluding hydrogens is 216 g/mol. The van der Waals surface area contributed by atoms with Gasteiger partial charge in [0, 0.05) is 14.1 Å². The Balaban J connectivity index is 2.69. The number of carbonyl (C=O) groups excluding carboxylic acids is 1. The standard InChI is InChI=1S/C13H20N2O2/c1-9-6-7-10(2)13(11(9)3)17-8-12(16)14-15(4)5/h6-7H,8H2,1-5H3,(H,14,16). The Labute approximate surface area is 103 Å². The maximum absolute atomic E-state index is 11.5. The van der Waals surface area contributed by atoms with Crippen molar-refractivity contribution in [3.05, 3.63) is 28.8 Å². The minimum Gasteiger partial charge on any atom is -0.483 e. The number of benzene rings is 1. The molecule has 0 fully saturated rings. The summed E-state index contributed by atoms with van der Waals surface area (Å²) in [6, 6.07) is 4.05. The molecule has 0 radical (unpaired) electrons. The fourth-order valence-electron chi connectivity index (χ4n) is 1.57. The summed E-state index contributed by atoms with van der Waals surface area (Å²) < 4.78 is 5.57. The highest BCUT2D eigenvalue weighted by molar-refractivity contribution is 5.77. The molecule has 0 heterocycles. The number of amides is 1. The smallest absolute Gasteiger partial charge is 0.272 e. The van der Waals surface area contributed by atoms with Gasteiger partial charge >= 0.3 is 0 Å². The Bertz CT molecular complexity index is 414. The van der Waals surface area contributed by atoms with Crippen molar-refractivity contribution in [2.45, 2.75) is 20.8 Å². The topological polar surface area (TPSA) is 41.6 Å². The van der Waals surface area contributed by atoms with E-state index >= 15 is 0 Å². The summed E-state index contributed by atoms with van der Waals surface area (Å²) in [6.45, 7) is 6.04. The molecule has 4 heteroatoms. The van der Waals surface area contributed by atoms with Crippen molar-refractivity contribution < 1.29 is 9.53 Å². The van der Waals surface area contributed by atoms with E-state index in [9.17, 15) is 4.79 Å². The minimum atomic E-state index is -0.157. The Kier molecular flexibility index (Phi) is 4.52. The molecule has 1 N–H and O–H groups in total. The Morgan fingerprint density at radius 2 is 1.82 bits per heavy atom. The predicted octanol–water partition coefficient (Wildman–Crippen LogP) is 1.58. The monoisotopic (exact) mass is 236 g/mol. The summed E-state index contributed by atoms with van der Waals surface area (Å²) >= 11 is 0. The molecule has 1 aromatic rings. The lowest BCUT2D eigenvalue weighted by Crippen LogP contribution is -2.39. The molecule has 0 unspecified atom stereocenters. The number of hydrogen-bond donors (Lipinski definition) is 1. The van der Waals surface area contributed by atoms with Crippen LogP contribution in [0.2, 0.25) is 0 Å². The molecule has 0 saturated carbocycles. The molecule has 0 aliphatic heterocycles. The highest BCUT2D eigenvalue weighted by Gasteiger charge is 2.09. The maximum Gasteiger partial charge on any atom is 0.272 e. The van der Waals surface area contributed by atoms with Crippen LogP contribution in [0.1, 0.15) is 16.7 Å². The van der Waals surface area contributed by atoms with Crippen molar-refractivity contribution in [1.29, 1.82) is 0 Å². The van der Waals surface area contributed by atoms with Gasteiger partial charge in [-0.1, -0.05) is 12.1 Å². The summed E-state index contributed by atoms with van der Waals surface area (Å²) in [4.78, 5) is 11.5. The zero-order chi connectivity index (χ0) is 13.0. The summed E-state index contributed by atoms with van der Waals surface area (Å²) in [5, 5.41) is 1.60. The van der Waals surface area contributed by atoms with Crippen LogP contribution in [-0.4, -0.2) is 31.6 Å². The largest absolute Gasteiger partial charge is 0.483 e. The van der Waals surface area contributed by atoms with Crippen LogP contribution in [0.4, 0.5) is 0 Å². The molecular formula is C13H20N2O2. The predicted molar refractivity (Wildman–Crippen MR) is 68.0 cm³/mol. The van der Waals surface area contributed by atoms with Crippen molar-refractivity contribution in [3.8, 4) is 5.75 Å². The summed E-state index contributed by atoms with van der Waals surface area (Å²) in [7, 11) is 3.53. The average molecular weight is 236 g/mol. The van der Waals surface area contributed by atoms with E-state index in [0.717, 1.165) is 16.9 Å². The third kappa shape index (κ3) is 3.75. The van der Waals surface area contributed by atoms with E-state index in [1.165, 1.54) is 5.56 Å². The normalized spacial score (nSPS) is 10.5. The van der Waals surface area contributed by atoms with Gasteiger partial charge in [0.15, 0.2) is 6.61 Å². The first-order chi connectivity index (χ1) is 7.91. The number of nitrogens with zero attached hydrogens (tertiary/aromatic N) is 1. The third-order valence-corrected chi connectivity index (χ3v) is 2.57. The molecule has 0 aliphatic carbocycles. The van der Waals surface area contributed by atoms with Gasteiger partial charge in [-0.2, -0.15) is 0 Å². The van der Waals surface area contributed by atoms with Gasteiger partial charge in [0.25, 0.3) is 5.91 Å². The number of hydrogen-bond acceptors (Lipinski definition) is 3. The van der Waals surface area contributed by atoms with Gasteiger partial charge in [-0.05, 0) is 37.5 Å². The molecule has 0 aliphatic rings. The lowest BCUT2D eigenvalue weighted by molar-refractivity contribution is -0.126. The Morgan fingerprint density at radius 1 is 1.24 bits per heavy atom. The first kappa shape index (κ1) is 13.5. The minimum absolute atomic E-state index is 0.0311. The first-order valence-corrected chi connectivity index (χ1v) is 5.58. The van der Waals surface area contributed by atoms with Gasteiger partial charge in [-0.3, -0.25) is 10.2 Å². The molecule has 0 aromatic heterocycles. The van der Waals surface area contributed by atoms with Crippen LogP contribution in [0.3, 0.4) is 0 Å². The molecule has 0 bridgehead atoms. The number of carbonyl (C=O) groups is 1. The molecule has 0 saturated heterocycles. The Morgan fingerprint density at radius 3 is 2.41 bits per heavy atom. The molecule has 17 heavy (non-hydrogen) atoms. The second-order valence-corrected chi connectivity index (χ2v) is 4.37. The van der Waals surface area contributed by atoms with Crippen LogP contribution in [0.15, 0.2) is 12.1 Å². The van der Waals surface area contributed by atoms with E-state index < -0.39 is 0 Å². The highest BCUT2D eigenvalue weighted by Crippen LogP contribution is 2.25. The summed E-state index contributed by atoms with van der Waals surface area (Å²) in [5.74, 6) is 0.647. The Hall–Kier alpha value is -1.55. The van der Waals surface area contributed by atoms with Crippen LogP contribution < -0.4 is 10.2 Å². The van der Waals surface area contributed by atoms with Gasteiger partial charge in [0.1, 0.15) is 5.75 Å². The molecule has 94 valence electrons. The summed E-state index contributed by atoms with van der Waals surface area (Å²) in [6.07, 6.45) is 0. The highest BCUT2D eigenvalue weighted by atomic mass is 16.5. The zero-order valence-corrected chi connectivity index (χ0v) is 11.1. The fraction of sp³-hybridized carbons (Fsp3) is 0.462. The average Bonchev–Trinajstić information content (AvgIpc) is 2.23. The quantitative estimate of drug-likeness (QED) is 0.807. The number of hydrazine groups is 1. The first-order valence-electron chi connectivity index (χ1n) is 5.58. The number of rotatable bonds is 4. The molecule has 0 atom stereocenters. The van der Waals surface area contributed by atoms with Crippen LogP contribution in [-0.2, 0) is 4.79 Å². The van der Waals surface area contributed by atoms with Crippen LogP contribution in [0.5, 0.6) is 5.75 Å². The van der Waals surface area contributed by atoms with Crippen molar-refractivity contribution >= 4 is 5.91 Å². The van der Waals surface area contributed by atoms with Gasteiger partial charge in [0.2, 0.25) is 0 Å². The number of nitrogens with one attached hydrogen (secondary N) is 1. The van der Waals surface area contributed by atoms with Crippen molar-refractivity contribution in [2.24, 2.45) is 0 Å². The van der Waals surface area contributed by atoms with Crippen molar-refractivity contribution in [1.82, 2.24) is 10.4 Å². The molecule has 0 spiro atoms. The van der Waals surface area contributed by atoms with Crippen LogP contribution in [0.25, 0.3) is 0 Å². The van der Waals surface area contributed by atoms with Crippen LogP contribution >= 0.6 is 0 Å². The molecule has 1 rings (SSSR count). The van der Waals surface area contributed by atoms with Gasteiger partial charge in [-0.15, -0.1) is 0 Å². The van der Waals surface area contributed by atoms with Gasteiger partial charge < -0.3 is 4.74 Å². The number of aryl methyl sites for hydroxylation is 2. The van der Waals surface area contributed by atoms with E-state index in [4.69, 9.17) is 4.74 Å². The van der Waals surface area contributed by atoms with Crippen LogP contribution in [0, 0.1) is 20.8 Å². The van der Waals surface area contributed by atoms with E-state index in [0.29, 0.717) is 0 Å². The summed E-state index contributed by atoms with van der Waals surface area (Å²) in [5.41, 5.74) is 5.93. The van der Waals surface area contributed by atoms with Gasteiger partial charge in [0.05, 0.1) is 0 Å². The molecule has 1 aromatic carbocycles. The fourth-order valence-corrected chi connectivity index (χ4v) is 1.57. The van der Waals surface area contributed by atoms with Gasteiger partial charge in [-0.25, -0.2) is 5.01 Å². The van der Waals surface area contributed by atoms with E-state index in [-0.39, 0.29) is 12.5 Å². The lowest BCUT2D eigenvalue weighted by atomic mass is 10.1. The van der Waals surface area contributed by atoms with Crippen molar-refractivity contribution in [3.63, 3.8) is 0 Å². The van der Waals surface area contributed by atoms with E-state index in [1.54, 1.807) is 19.1 Å². The van der Waals surface area contributed by atoms with E-state index in [1.807, 2.05) is 26.8 Å². The SMILES string of the molecule is Cc1ccc(C)c(OCC(=O)NN(C)C)c1C. The lowest BCUT2D eigenvalue weighted by Gasteiger charge is -2.15. The molecule has 4 nitrogen and oxygen atoms in total. The maximum atomic E-state index is 11.5. The number of ether oxygens (including phenoxy) is 1. The zero-order valence-electron chi connectivity index (χ0n) is 11.1.